The Labute approximate surface area is 110 Å². The second-order valence-corrected chi connectivity index (χ2v) is 5.72. The Hall–Kier alpha value is -0.870. The predicted octanol–water partition coefficient (Wildman–Crippen LogP) is 4.11. The summed E-state index contributed by atoms with van der Waals surface area (Å²) >= 11 is 11.3. The van der Waals surface area contributed by atoms with Crippen LogP contribution in [0.3, 0.4) is 0 Å². The monoisotopic (exact) mass is 267 g/mol. The Kier molecular flexibility index (Phi) is 2.71. The smallest absolute Gasteiger partial charge is 0.179 e. The van der Waals surface area contributed by atoms with Crippen LogP contribution in [0.4, 0.5) is 0 Å². The topological polar surface area (TPSA) is 33.6 Å². The lowest BCUT2D eigenvalue weighted by atomic mass is 10.1. The molecule has 2 heterocycles. The highest BCUT2D eigenvalue weighted by Crippen LogP contribution is 2.36. The summed E-state index contributed by atoms with van der Waals surface area (Å²) in [5.74, 6) is 0.777. The lowest BCUT2D eigenvalue weighted by Crippen LogP contribution is -2.06. The van der Waals surface area contributed by atoms with Crippen LogP contribution in [0.15, 0.2) is 12.3 Å². The van der Waals surface area contributed by atoms with Gasteiger partial charge in [-0.15, -0.1) is 0 Å². The minimum Gasteiger partial charge on any atom is -0.329 e. The predicted molar refractivity (Wildman–Crippen MR) is 72.0 cm³/mol. The first-order valence-electron chi connectivity index (χ1n) is 5.91. The SMILES string of the molecule is CC1CCC(n2c(=S)[nH]c3cc(Cl)cnc32)C1. The van der Waals surface area contributed by atoms with Crippen LogP contribution >= 0.6 is 23.8 Å². The van der Waals surface area contributed by atoms with E-state index in [0.717, 1.165) is 21.9 Å². The first-order chi connectivity index (χ1) is 8.15. The third kappa shape index (κ3) is 1.89. The van der Waals surface area contributed by atoms with E-state index >= 15 is 0 Å². The number of fused-ring (bicyclic) bond motifs is 1. The fourth-order valence-corrected chi connectivity index (χ4v) is 3.24. The van der Waals surface area contributed by atoms with Gasteiger partial charge in [0.15, 0.2) is 10.4 Å². The molecular formula is C12H14ClN3S. The molecule has 90 valence electrons. The third-order valence-corrected chi connectivity index (χ3v) is 4.06. The number of aromatic amines is 1. The minimum absolute atomic E-state index is 0.486. The fourth-order valence-electron chi connectivity index (χ4n) is 2.74. The van der Waals surface area contributed by atoms with Crippen LogP contribution in [-0.2, 0) is 0 Å². The zero-order chi connectivity index (χ0) is 12.0. The number of imidazole rings is 1. The second kappa shape index (κ2) is 4.10. The summed E-state index contributed by atoms with van der Waals surface area (Å²) in [7, 11) is 0. The Balaban J connectivity index is 2.15. The van der Waals surface area contributed by atoms with Gasteiger partial charge in [-0.3, -0.25) is 4.57 Å². The molecule has 0 saturated heterocycles. The molecule has 1 aliphatic carbocycles. The first-order valence-corrected chi connectivity index (χ1v) is 6.69. The van der Waals surface area contributed by atoms with Gasteiger partial charge in [-0.05, 0) is 43.5 Å². The van der Waals surface area contributed by atoms with Crippen LogP contribution in [0.25, 0.3) is 11.2 Å². The molecule has 1 saturated carbocycles. The molecular weight excluding hydrogens is 254 g/mol. The van der Waals surface area contributed by atoms with Gasteiger partial charge in [0.25, 0.3) is 0 Å². The number of aromatic nitrogens is 3. The summed E-state index contributed by atoms with van der Waals surface area (Å²) in [6, 6.07) is 2.37. The first kappa shape index (κ1) is 11.2. The van der Waals surface area contributed by atoms with Gasteiger partial charge in [0.2, 0.25) is 0 Å². The van der Waals surface area contributed by atoms with Crippen molar-refractivity contribution in [3.05, 3.63) is 22.1 Å². The fraction of sp³-hybridized carbons (Fsp3) is 0.500. The Bertz CT molecular complexity index is 616. The van der Waals surface area contributed by atoms with Crippen LogP contribution in [0.5, 0.6) is 0 Å². The molecule has 17 heavy (non-hydrogen) atoms. The van der Waals surface area contributed by atoms with Crippen molar-refractivity contribution in [2.45, 2.75) is 32.2 Å². The van der Waals surface area contributed by atoms with Crippen LogP contribution in [0.2, 0.25) is 5.02 Å². The highest BCUT2D eigenvalue weighted by molar-refractivity contribution is 7.71. The Morgan fingerprint density at radius 1 is 1.53 bits per heavy atom. The standard InChI is InChI=1S/C12H14ClN3S/c1-7-2-3-9(4-7)16-11-10(15-12(16)17)5-8(13)6-14-11/h5-7,9H,2-4H2,1H3,(H,15,17). The third-order valence-electron chi connectivity index (χ3n) is 3.55. The number of nitrogens with one attached hydrogen (secondary N) is 1. The number of hydrogen-bond acceptors (Lipinski definition) is 2. The van der Waals surface area contributed by atoms with Gasteiger partial charge in [-0.2, -0.15) is 0 Å². The largest absolute Gasteiger partial charge is 0.329 e. The Morgan fingerprint density at radius 2 is 2.35 bits per heavy atom. The normalized spacial score (nSPS) is 24.6. The molecule has 2 atom stereocenters. The number of H-pyrrole nitrogens is 1. The van der Waals surface area contributed by atoms with Crippen molar-refractivity contribution in [3.8, 4) is 0 Å². The van der Waals surface area contributed by atoms with E-state index in [0.29, 0.717) is 11.1 Å². The summed E-state index contributed by atoms with van der Waals surface area (Å²) in [4.78, 5) is 7.59. The maximum atomic E-state index is 5.94. The van der Waals surface area contributed by atoms with Crippen molar-refractivity contribution in [2.75, 3.05) is 0 Å². The molecule has 0 aromatic carbocycles. The summed E-state index contributed by atoms with van der Waals surface area (Å²) < 4.78 is 2.92. The lowest BCUT2D eigenvalue weighted by molar-refractivity contribution is 0.498. The minimum atomic E-state index is 0.486. The van der Waals surface area contributed by atoms with Crippen molar-refractivity contribution in [2.24, 2.45) is 5.92 Å². The van der Waals surface area contributed by atoms with E-state index in [2.05, 4.69) is 21.5 Å². The van der Waals surface area contributed by atoms with Crippen molar-refractivity contribution < 1.29 is 0 Å². The van der Waals surface area contributed by atoms with Gasteiger partial charge in [0, 0.05) is 12.2 Å². The molecule has 3 rings (SSSR count). The molecule has 2 aromatic heterocycles. The summed E-state index contributed by atoms with van der Waals surface area (Å²) in [6.45, 7) is 2.29. The molecule has 2 aromatic rings. The number of pyridine rings is 1. The number of rotatable bonds is 1. The molecule has 0 amide bonds. The quantitative estimate of drug-likeness (QED) is 0.789. The van der Waals surface area contributed by atoms with Crippen molar-refractivity contribution >= 4 is 35.0 Å². The summed E-state index contributed by atoms with van der Waals surface area (Å²) in [5.41, 5.74) is 1.86. The average Bonchev–Trinajstić information content (AvgIpc) is 2.80. The zero-order valence-electron chi connectivity index (χ0n) is 9.61. The molecule has 0 bridgehead atoms. The molecule has 5 heteroatoms. The van der Waals surface area contributed by atoms with Gasteiger partial charge < -0.3 is 4.98 Å². The van der Waals surface area contributed by atoms with E-state index < -0.39 is 0 Å². The lowest BCUT2D eigenvalue weighted by Gasteiger charge is -2.12. The number of hydrogen-bond donors (Lipinski definition) is 1. The average molecular weight is 268 g/mol. The van der Waals surface area contributed by atoms with Crippen LogP contribution < -0.4 is 0 Å². The number of nitrogens with zero attached hydrogens (tertiary/aromatic N) is 2. The van der Waals surface area contributed by atoms with Gasteiger partial charge in [-0.1, -0.05) is 18.5 Å². The molecule has 1 aliphatic rings. The van der Waals surface area contributed by atoms with Crippen molar-refractivity contribution in [1.29, 1.82) is 0 Å². The summed E-state index contributed by atoms with van der Waals surface area (Å²) in [6.07, 6.45) is 5.33. The molecule has 1 N–H and O–H groups in total. The number of halogens is 1. The molecule has 0 aliphatic heterocycles. The highest BCUT2D eigenvalue weighted by atomic mass is 35.5. The van der Waals surface area contributed by atoms with Crippen LogP contribution in [-0.4, -0.2) is 14.5 Å². The molecule has 2 unspecified atom stereocenters. The highest BCUT2D eigenvalue weighted by Gasteiger charge is 2.25. The molecule has 0 spiro atoms. The van der Waals surface area contributed by atoms with Crippen LogP contribution in [0.1, 0.15) is 32.2 Å². The maximum Gasteiger partial charge on any atom is 0.179 e. The van der Waals surface area contributed by atoms with Crippen molar-refractivity contribution in [3.63, 3.8) is 0 Å². The van der Waals surface area contributed by atoms with E-state index in [4.69, 9.17) is 23.8 Å². The second-order valence-electron chi connectivity index (χ2n) is 4.90. The van der Waals surface area contributed by atoms with Gasteiger partial charge >= 0.3 is 0 Å². The van der Waals surface area contributed by atoms with Gasteiger partial charge in [0.1, 0.15) is 0 Å². The summed E-state index contributed by atoms with van der Waals surface area (Å²) in [5, 5.41) is 0.640. The van der Waals surface area contributed by atoms with Crippen LogP contribution in [0, 0.1) is 10.7 Å². The zero-order valence-corrected chi connectivity index (χ0v) is 11.2. The van der Waals surface area contributed by atoms with Gasteiger partial charge in [0.05, 0.1) is 10.5 Å². The van der Waals surface area contributed by atoms with E-state index in [1.807, 2.05) is 6.07 Å². The van der Waals surface area contributed by atoms with E-state index in [-0.39, 0.29) is 0 Å². The molecule has 1 fully saturated rings. The van der Waals surface area contributed by atoms with E-state index in [9.17, 15) is 0 Å². The van der Waals surface area contributed by atoms with E-state index in [1.165, 1.54) is 19.3 Å². The van der Waals surface area contributed by atoms with Crippen molar-refractivity contribution in [1.82, 2.24) is 14.5 Å². The molecule has 0 radical (unpaired) electrons. The Morgan fingerprint density at radius 3 is 3.06 bits per heavy atom. The molecule has 3 nitrogen and oxygen atoms in total. The van der Waals surface area contributed by atoms with Gasteiger partial charge in [-0.25, -0.2) is 4.98 Å². The van der Waals surface area contributed by atoms with E-state index in [1.54, 1.807) is 6.20 Å². The maximum absolute atomic E-state index is 5.94.